The summed E-state index contributed by atoms with van der Waals surface area (Å²) in [4.78, 5) is 23.0. The summed E-state index contributed by atoms with van der Waals surface area (Å²) in [7, 11) is 2.44. The van der Waals surface area contributed by atoms with E-state index < -0.39 is 18.0 Å². The van der Waals surface area contributed by atoms with Crippen LogP contribution in [-0.2, 0) is 32.0 Å². The number of rotatable bonds is 8. The molecule has 1 N–H and O–H groups in total. The molecule has 0 radical (unpaired) electrons. The van der Waals surface area contributed by atoms with Gasteiger partial charge in [-0.1, -0.05) is 5.21 Å². The van der Waals surface area contributed by atoms with Crippen LogP contribution < -0.4 is 0 Å². The van der Waals surface area contributed by atoms with Gasteiger partial charge in [-0.3, -0.25) is 4.79 Å². The van der Waals surface area contributed by atoms with Crippen LogP contribution in [0.5, 0.6) is 0 Å². The summed E-state index contributed by atoms with van der Waals surface area (Å²) in [6.45, 7) is 2.43. The van der Waals surface area contributed by atoms with Crippen molar-refractivity contribution in [1.82, 2.24) is 15.0 Å². The van der Waals surface area contributed by atoms with Crippen LogP contribution in [0.4, 0.5) is 0 Å². The van der Waals surface area contributed by atoms with Crippen molar-refractivity contribution in [3.63, 3.8) is 0 Å². The summed E-state index contributed by atoms with van der Waals surface area (Å²) >= 11 is 0. The molecule has 0 saturated carbocycles. The highest BCUT2D eigenvalue weighted by atomic mass is 16.5. The highest BCUT2D eigenvalue weighted by Gasteiger charge is 2.24. The number of aliphatic hydroxyl groups excluding tert-OH is 1. The molecule has 1 aromatic heterocycles. The van der Waals surface area contributed by atoms with Gasteiger partial charge in [0.05, 0.1) is 45.6 Å². The van der Waals surface area contributed by atoms with Gasteiger partial charge >= 0.3 is 11.9 Å². The highest BCUT2D eigenvalue weighted by Crippen LogP contribution is 2.10. The Morgan fingerprint density at radius 1 is 1.33 bits per heavy atom. The fourth-order valence-corrected chi connectivity index (χ4v) is 1.62. The van der Waals surface area contributed by atoms with E-state index in [0.29, 0.717) is 6.61 Å². The van der Waals surface area contributed by atoms with Crippen LogP contribution in [0, 0.1) is 0 Å². The Labute approximate surface area is 121 Å². The average Bonchev–Trinajstić information content (AvgIpc) is 2.86. The Balaban J connectivity index is 2.94. The van der Waals surface area contributed by atoms with E-state index in [-0.39, 0.29) is 31.0 Å². The number of methoxy groups -OCH3 is 2. The van der Waals surface area contributed by atoms with Crippen molar-refractivity contribution in [2.45, 2.75) is 26.0 Å². The zero-order valence-corrected chi connectivity index (χ0v) is 12.2. The number of aromatic nitrogens is 3. The molecule has 0 amide bonds. The number of carbonyl (C=O) groups is 2. The van der Waals surface area contributed by atoms with Crippen molar-refractivity contribution < 1.29 is 28.9 Å². The van der Waals surface area contributed by atoms with Crippen LogP contribution in [0.15, 0.2) is 0 Å². The number of nitrogens with zero attached hydrogens (tertiary/aromatic N) is 3. The van der Waals surface area contributed by atoms with Crippen molar-refractivity contribution in [3.05, 3.63) is 11.4 Å². The molecule has 9 heteroatoms. The lowest BCUT2D eigenvalue weighted by Gasteiger charge is -2.12. The SMILES string of the molecule is CCOCC(O)Cn1nnc(C(=O)OC)c1CC(=O)OC. The van der Waals surface area contributed by atoms with Gasteiger partial charge in [0.25, 0.3) is 0 Å². The molecule has 1 aromatic rings. The van der Waals surface area contributed by atoms with Crippen molar-refractivity contribution in [3.8, 4) is 0 Å². The Morgan fingerprint density at radius 3 is 2.62 bits per heavy atom. The minimum atomic E-state index is -0.839. The van der Waals surface area contributed by atoms with E-state index in [9.17, 15) is 14.7 Å². The van der Waals surface area contributed by atoms with Crippen LogP contribution in [0.1, 0.15) is 23.1 Å². The highest BCUT2D eigenvalue weighted by molar-refractivity contribution is 5.89. The third-order valence-corrected chi connectivity index (χ3v) is 2.65. The van der Waals surface area contributed by atoms with Gasteiger partial charge in [-0.05, 0) is 6.92 Å². The first-order valence-electron chi connectivity index (χ1n) is 6.36. The summed E-state index contributed by atoms with van der Waals surface area (Å²) in [6, 6.07) is 0. The second kappa shape index (κ2) is 8.32. The predicted molar refractivity (Wildman–Crippen MR) is 69.6 cm³/mol. The first-order valence-corrected chi connectivity index (χ1v) is 6.36. The largest absolute Gasteiger partial charge is 0.469 e. The molecule has 21 heavy (non-hydrogen) atoms. The Bertz CT molecular complexity index is 487. The summed E-state index contributed by atoms with van der Waals surface area (Å²) < 4.78 is 15.5. The Kier molecular flexibility index (Phi) is 6.76. The van der Waals surface area contributed by atoms with Gasteiger partial charge in [0.15, 0.2) is 5.69 Å². The molecule has 118 valence electrons. The lowest BCUT2D eigenvalue weighted by molar-refractivity contribution is -0.139. The van der Waals surface area contributed by atoms with E-state index in [0.717, 1.165) is 0 Å². The van der Waals surface area contributed by atoms with E-state index in [1.54, 1.807) is 6.92 Å². The zero-order chi connectivity index (χ0) is 15.8. The van der Waals surface area contributed by atoms with Gasteiger partial charge in [0, 0.05) is 6.61 Å². The minimum absolute atomic E-state index is 0.0380. The van der Waals surface area contributed by atoms with E-state index in [4.69, 9.17) is 4.74 Å². The summed E-state index contributed by atoms with van der Waals surface area (Å²) in [5.41, 5.74) is 0.149. The number of hydrogen-bond donors (Lipinski definition) is 1. The third kappa shape index (κ3) is 4.80. The quantitative estimate of drug-likeness (QED) is 0.619. The summed E-state index contributed by atoms with van der Waals surface area (Å²) in [6.07, 6.45) is -1.04. The molecule has 9 nitrogen and oxygen atoms in total. The number of esters is 2. The van der Waals surface area contributed by atoms with E-state index >= 15 is 0 Å². The van der Waals surface area contributed by atoms with Gasteiger partial charge in [-0.15, -0.1) is 5.10 Å². The summed E-state index contributed by atoms with van der Waals surface area (Å²) in [5.74, 6) is -1.26. The van der Waals surface area contributed by atoms with Crippen LogP contribution in [0.2, 0.25) is 0 Å². The predicted octanol–water partition coefficient (Wildman–Crippen LogP) is -0.822. The molecule has 1 heterocycles. The zero-order valence-electron chi connectivity index (χ0n) is 12.2. The van der Waals surface area contributed by atoms with Gasteiger partial charge < -0.3 is 19.3 Å². The Morgan fingerprint density at radius 2 is 2.05 bits per heavy atom. The van der Waals surface area contributed by atoms with Crippen LogP contribution in [0.25, 0.3) is 0 Å². The van der Waals surface area contributed by atoms with Gasteiger partial charge in [-0.2, -0.15) is 0 Å². The number of hydrogen-bond acceptors (Lipinski definition) is 8. The minimum Gasteiger partial charge on any atom is -0.469 e. The van der Waals surface area contributed by atoms with E-state index in [1.165, 1.54) is 18.9 Å². The van der Waals surface area contributed by atoms with Gasteiger partial charge in [-0.25, -0.2) is 9.48 Å². The first kappa shape index (κ1) is 17.1. The molecule has 1 unspecified atom stereocenters. The second-order valence-corrected chi connectivity index (χ2v) is 4.12. The first-order chi connectivity index (χ1) is 10.0. The number of aliphatic hydroxyl groups is 1. The fraction of sp³-hybridized carbons (Fsp3) is 0.667. The maximum Gasteiger partial charge on any atom is 0.360 e. The maximum absolute atomic E-state index is 11.6. The Hall–Kier alpha value is -2.00. The molecule has 0 bridgehead atoms. The van der Waals surface area contributed by atoms with Crippen molar-refractivity contribution in [2.24, 2.45) is 0 Å². The monoisotopic (exact) mass is 301 g/mol. The lowest BCUT2D eigenvalue weighted by Crippen LogP contribution is -2.25. The third-order valence-electron chi connectivity index (χ3n) is 2.65. The van der Waals surface area contributed by atoms with Crippen molar-refractivity contribution in [2.75, 3.05) is 27.4 Å². The van der Waals surface area contributed by atoms with E-state index in [1.807, 2.05) is 0 Å². The molecule has 0 aromatic carbocycles. The fourth-order valence-electron chi connectivity index (χ4n) is 1.62. The normalized spacial score (nSPS) is 12.0. The molecule has 0 fully saturated rings. The maximum atomic E-state index is 11.6. The topological polar surface area (TPSA) is 113 Å². The van der Waals surface area contributed by atoms with Crippen molar-refractivity contribution in [1.29, 1.82) is 0 Å². The average molecular weight is 301 g/mol. The molecule has 0 aliphatic carbocycles. The molecular formula is C12H19N3O6. The number of ether oxygens (including phenoxy) is 3. The molecule has 0 saturated heterocycles. The van der Waals surface area contributed by atoms with Crippen molar-refractivity contribution >= 4 is 11.9 Å². The summed E-state index contributed by atoms with van der Waals surface area (Å²) in [5, 5.41) is 17.3. The lowest BCUT2D eigenvalue weighted by atomic mass is 10.2. The molecule has 1 atom stereocenters. The van der Waals surface area contributed by atoms with E-state index in [2.05, 4.69) is 19.8 Å². The van der Waals surface area contributed by atoms with Crippen LogP contribution in [0.3, 0.4) is 0 Å². The van der Waals surface area contributed by atoms with Gasteiger partial charge in [0.2, 0.25) is 0 Å². The van der Waals surface area contributed by atoms with Crippen LogP contribution in [-0.4, -0.2) is 65.6 Å². The van der Waals surface area contributed by atoms with Crippen LogP contribution >= 0.6 is 0 Å². The standard InChI is InChI=1S/C12H19N3O6/c1-4-21-7-8(16)6-15-9(5-10(17)19-2)11(13-14-15)12(18)20-3/h8,16H,4-7H2,1-3H3. The smallest absolute Gasteiger partial charge is 0.360 e. The molecule has 0 spiro atoms. The second-order valence-electron chi connectivity index (χ2n) is 4.12. The molecular weight excluding hydrogens is 282 g/mol. The molecule has 0 aliphatic rings. The molecule has 0 aliphatic heterocycles. The number of carbonyl (C=O) groups excluding carboxylic acids is 2. The van der Waals surface area contributed by atoms with Gasteiger partial charge in [0.1, 0.15) is 0 Å². The molecule has 1 rings (SSSR count).